The fourth-order valence-electron chi connectivity index (χ4n) is 3.80. The zero-order valence-corrected chi connectivity index (χ0v) is 16.4. The Morgan fingerprint density at radius 2 is 1.88 bits per heavy atom. The molecule has 1 aliphatic heterocycles. The molecule has 1 saturated carbocycles. The van der Waals surface area contributed by atoms with Gasteiger partial charge in [-0.15, -0.1) is 0 Å². The smallest absolute Gasteiger partial charge is 0.433 e. The minimum atomic E-state index is -4.54. The van der Waals surface area contributed by atoms with Crippen molar-refractivity contribution in [1.82, 2.24) is 30.7 Å². The first kappa shape index (κ1) is 21.5. The summed E-state index contributed by atoms with van der Waals surface area (Å²) < 4.78 is 43.7. The third-order valence-electron chi connectivity index (χ3n) is 5.43. The average molecular weight is 450 g/mol. The van der Waals surface area contributed by atoms with Gasteiger partial charge in [-0.05, 0) is 17.9 Å². The number of likely N-dealkylation sites (tertiary alicyclic amines) is 1. The number of rotatable bonds is 7. The second kappa shape index (κ2) is 8.40. The number of fused-ring (bicyclic) bond motifs is 1. The normalized spacial score (nSPS) is 21.5. The number of pyridine rings is 1. The van der Waals surface area contributed by atoms with Crippen LogP contribution in [0.15, 0.2) is 30.6 Å². The summed E-state index contributed by atoms with van der Waals surface area (Å²) in [6, 6.07) is 3.49. The van der Waals surface area contributed by atoms with Gasteiger partial charge in [0.1, 0.15) is 17.1 Å². The number of carbonyl (C=O) groups is 3. The summed E-state index contributed by atoms with van der Waals surface area (Å²) >= 11 is 0. The highest BCUT2D eigenvalue weighted by molar-refractivity contribution is 5.96. The molecule has 3 amide bonds. The minimum absolute atomic E-state index is 0.00832. The zero-order valence-electron chi connectivity index (χ0n) is 16.4. The highest BCUT2D eigenvalue weighted by Crippen LogP contribution is 2.51. The van der Waals surface area contributed by atoms with E-state index in [0.717, 1.165) is 12.3 Å². The Bertz CT molecular complexity index is 1040. The van der Waals surface area contributed by atoms with Gasteiger partial charge in [0, 0.05) is 25.1 Å². The van der Waals surface area contributed by atoms with Gasteiger partial charge in [-0.25, -0.2) is 9.97 Å². The molecule has 2 fully saturated rings. The van der Waals surface area contributed by atoms with E-state index in [2.05, 4.69) is 20.4 Å². The zero-order chi connectivity index (χ0) is 22.9. The molecular weight excluding hydrogens is 433 g/mol. The van der Waals surface area contributed by atoms with Crippen LogP contribution in [0.1, 0.15) is 26.7 Å². The molecule has 1 unspecified atom stereocenters. The van der Waals surface area contributed by atoms with Crippen molar-refractivity contribution in [1.29, 1.82) is 0 Å². The molecule has 2 N–H and O–H groups in total. The van der Waals surface area contributed by atoms with Gasteiger partial charge in [0.15, 0.2) is 0 Å². The molecule has 13 heteroatoms. The molecule has 2 aromatic rings. The van der Waals surface area contributed by atoms with E-state index in [1.165, 1.54) is 18.3 Å². The number of carbonyl (C=O) groups excluding carboxylic acids is 3. The summed E-state index contributed by atoms with van der Waals surface area (Å²) in [5.41, 5.74) is 2.91. The lowest BCUT2D eigenvalue weighted by atomic mass is 10.2. The Labute approximate surface area is 179 Å². The maximum atomic E-state index is 12.7. The van der Waals surface area contributed by atoms with Crippen LogP contribution in [0.2, 0.25) is 0 Å². The number of amides is 3. The molecule has 3 heterocycles. The fourth-order valence-corrected chi connectivity index (χ4v) is 3.80. The Morgan fingerprint density at radius 1 is 1.16 bits per heavy atom. The number of hydrogen-bond donors (Lipinski definition) is 2. The first-order chi connectivity index (χ1) is 15.3. The van der Waals surface area contributed by atoms with Crippen molar-refractivity contribution in [2.45, 2.75) is 6.18 Å². The van der Waals surface area contributed by atoms with Gasteiger partial charge < -0.3 is 9.64 Å². The van der Waals surface area contributed by atoms with Crippen molar-refractivity contribution in [3.8, 4) is 5.88 Å². The number of alkyl halides is 3. The van der Waals surface area contributed by atoms with Crippen molar-refractivity contribution in [2.75, 3.05) is 19.7 Å². The van der Waals surface area contributed by atoms with Crippen LogP contribution in [0.3, 0.4) is 0 Å². The number of nitrogens with one attached hydrogen (secondary N) is 2. The molecule has 0 spiro atoms. The van der Waals surface area contributed by atoms with E-state index in [1.54, 1.807) is 4.90 Å². The van der Waals surface area contributed by atoms with E-state index in [4.69, 9.17) is 4.74 Å². The van der Waals surface area contributed by atoms with Crippen molar-refractivity contribution in [3.05, 3.63) is 47.7 Å². The average Bonchev–Trinajstić information content (AvgIpc) is 3.23. The van der Waals surface area contributed by atoms with Gasteiger partial charge in [-0.1, -0.05) is 6.07 Å². The monoisotopic (exact) mass is 450 g/mol. The minimum Gasteiger partial charge on any atom is -0.477 e. The Kier molecular flexibility index (Phi) is 5.63. The molecular formula is C19H17F3N6O4. The molecule has 3 atom stereocenters. The van der Waals surface area contributed by atoms with Crippen LogP contribution in [0, 0.1) is 17.8 Å². The largest absolute Gasteiger partial charge is 0.477 e. The molecule has 0 bridgehead atoms. The number of aromatic nitrogens is 3. The number of halogens is 3. The molecule has 10 nitrogen and oxygen atoms in total. The summed E-state index contributed by atoms with van der Waals surface area (Å²) in [5.74, 6) is -0.743. The predicted octanol–water partition coefficient (Wildman–Crippen LogP) is 0.678. The van der Waals surface area contributed by atoms with Crippen molar-refractivity contribution in [2.24, 2.45) is 17.8 Å². The van der Waals surface area contributed by atoms with Crippen molar-refractivity contribution in [3.63, 3.8) is 0 Å². The SMILES string of the molecule is O=CNNC(=O)c1cncc(C(=O)N2C[C@@H]3C(COc4cccc(C(F)(F)F)n4)[C@@H]3C2)n1. The highest BCUT2D eigenvalue weighted by Gasteiger charge is 2.57. The lowest BCUT2D eigenvalue weighted by Gasteiger charge is -2.19. The van der Waals surface area contributed by atoms with E-state index >= 15 is 0 Å². The van der Waals surface area contributed by atoms with E-state index in [1.807, 2.05) is 5.43 Å². The first-order valence-electron chi connectivity index (χ1n) is 9.56. The Hall–Kier alpha value is -3.77. The maximum Gasteiger partial charge on any atom is 0.433 e. The van der Waals surface area contributed by atoms with Crippen LogP contribution < -0.4 is 15.6 Å². The van der Waals surface area contributed by atoms with Crippen molar-refractivity contribution >= 4 is 18.2 Å². The van der Waals surface area contributed by atoms with E-state index in [0.29, 0.717) is 13.1 Å². The summed E-state index contributed by atoms with van der Waals surface area (Å²) in [6.07, 6.45) is -1.85. The quantitative estimate of drug-likeness (QED) is 0.469. The van der Waals surface area contributed by atoms with Crippen LogP contribution in [0.4, 0.5) is 13.2 Å². The number of nitrogens with zero attached hydrogens (tertiary/aromatic N) is 4. The topological polar surface area (TPSA) is 126 Å². The van der Waals surface area contributed by atoms with Gasteiger partial charge in [-0.2, -0.15) is 13.2 Å². The lowest BCUT2D eigenvalue weighted by molar-refractivity contribution is -0.141. The standard InChI is InChI=1S/C19H17F3N6O4/c20-19(21,22)15-2-1-3-16(26-15)32-8-12-10-6-28(7-11(10)12)18(31)14-5-23-4-13(25-14)17(30)27-24-9-29/h1-5,9-12H,6-8H2,(H,24,29)(H,27,30)/t10-,11+,12?. The fraction of sp³-hybridized carbons (Fsp3) is 0.368. The molecule has 2 aromatic heterocycles. The van der Waals surface area contributed by atoms with Crippen molar-refractivity contribution < 1.29 is 32.3 Å². The summed E-state index contributed by atoms with van der Waals surface area (Å²) in [4.78, 5) is 47.7. The van der Waals surface area contributed by atoms with Gasteiger partial charge >= 0.3 is 6.18 Å². The Balaban J connectivity index is 1.30. The molecule has 4 rings (SSSR count). The molecule has 2 aliphatic rings. The molecule has 1 aliphatic carbocycles. The number of hydrazine groups is 1. The number of ether oxygens (including phenoxy) is 1. The maximum absolute atomic E-state index is 12.7. The van der Waals surface area contributed by atoms with Crippen LogP contribution in [0.5, 0.6) is 5.88 Å². The Morgan fingerprint density at radius 3 is 2.56 bits per heavy atom. The molecule has 168 valence electrons. The van der Waals surface area contributed by atoms with E-state index in [-0.39, 0.29) is 53.9 Å². The van der Waals surface area contributed by atoms with Crippen LogP contribution >= 0.6 is 0 Å². The third kappa shape index (κ3) is 4.45. The van der Waals surface area contributed by atoms with E-state index < -0.39 is 17.8 Å². The number of hydrogen-bond acceptors (Lipinski definition) is 7. The third-order valence-corrected chi connectivity index (χ3v) is 5.43. The van der Waals surface area contributed by atoms with Gasteiger partial charge in [-0.3, -0.25) is 30.2 Å². The van der Waals surface area contributed by atoms with E-state index in [9.17, 15) is 27.6 Å². The summed E-state index contributed by atoms with van der Waals surface area (Å²) in [6.45, 7) is 1.10. The van der Waals surface area contributed by atoms with Crippen LogP contribution in [-0.4, -0.2) is 57.8 Å². The highest BCUT2D eigenvalue weighted by atomic mass is 19.4. The molecule has 0 radical (unpaired) electrons. The summed E-state index contributed by atoms with van der Waals surface area (Å²) in [5, 5.41) is 0. The summed E-state index contributed by atoms with van der Waals surface area (Å²) in [7, 11) is 0. The molecule has 1 saturated heterocycles. The van der Waals surface area contributed by atoms with Crippen LogP contribution in [-0.2, 0) is 11.0 Å². The van der Waals surface area contributed by atoms with Gasteiger partial charge in [0.25, 0.3) is 11.8 Å². The van der Waals surface area contributed by atoms with Gasteiger partial charge in [0.2, 0.25) is 12.3 Å². The van der Waals surface area contributed by atoms with Crippen LogP contribution in [0.25, 0.3) is 0 Å². The predicted molar refractivity (Wildman–Crippen MR) is 99.8 cm³/mol. The second-order valence-corrected chi connectivity index (χ2v) is 7.38. The van der Waals surface area contributed by atoms with Gasteiger partial charge in [0.05, 0.1) is 19.0 Å². The first-order valence-corrected chi connectivity index (χ1v) is 9.56. The number of piperidine rings is 1. The second-order valence-electron chi connectivity index (χ2n) is 7.38. The molecule has 32 heavy (non-hydrogen) atoms. The lowest BCUT2D eigenvalue weighted by Crippen LogP contribution is -2.37. The molecule has 0 aromatic carbocycles.